The molecule has 1 aromatic carbocycles. The summed E-state index contributed by atoms with van der Waals surface area (Å²) in [5.74, 6) is -0.00686. The van der Waals surface area contributed by atoms with Gasteiger partial charge in [-0.3, -0.25) is 14.5 Å². The van der Waals surface area contributed by atoms with Gasteiger partial charge in [0.05, 0.1) is 12.9 Å². The molecule has 2 aliphatic heterocycles. The van der Waals surface area contributed by atoms with Gasteiger partial charge in [0.25, 0.3) is 5.91 Å². The normalized spacial score (nSPS) is 19.9. The number of nitrogens with zero attached hydrogens (tertiary/aromatic N) is 4. The Morgan fingerprint density at radius 3 is 2.89 bits per heavy atom. The third-order valence-electron chi connectivity index (χ3n) is 5.55. The zero-order chi connectivity index (χ0) is 19.5. The summed E-state index contributed by atoms with van der Waals surface area (Å²) in [4.78, 5) is 33.5. The first-order chi connectivity index (χ1) is 13.6. The Morgan fingerprint density at radius 2 is 2.07 bits per heavy atom. The molecule has 0 spiro atoms. The summed E-state index contributed by atoms with van der Waals surface area (Å²) in [7, 11) is 1.84. The van der Waals surface area contributed by atoms with Crippen molar-refractivity contribution in [2.45, 2.75) is 31.7 Å². The van der Waals surface area contributed by atoms with Crippen molar-refractivity contribution >= 4 is 17.5 Å². The maximum atomic E-state index is 13.0. The number of fused-ring (bicyclic) bond motifs is 1. The van der Waals surface area contributed by atoms with E-state index in [4.69, 9.17) is 0 Å². The summed E-state index contributed by atoms with van der Waals surface area (Å²) in [6.07, 6.45) is 7.27. The second kappa shape index (κ2) is 8.14. The molecule has 0 bridgehead atoms. The van der Waals surface area contributed by atoms with Crippen LogP contribution in [0.4, 0.5) is 5.69 Å². The monoisotopic (exact) mass is 381 g/mol. The predicted molar refractivity (Wildman–Crippen MR) is 107 cm³/mol. The number of amides is 2. The van der Waals surface area contributed by atoms with Crippen LogP contribution >= 0.6 is 0 Å². The minimum atomic E-state index is -0.149. The van der Waals surface area contributed by atoms with Crippen LogP contribution in [-0.4, -0.2) is 58.5 Å². The van der Waals surface area contributed by atoms with Gasteiger partial charge in [0.1, 0.15) is 5.69 Å². The summed E-state index contributed by atoms with van der Waals surface area (Å²) >= 11 is 0. The van der Waals surface area contributed by atoms with Crippen LogP contribution in [0.1, 0.15) is 35.3 Å². The van der Waals surface area contributed by atoms with Crippen molar-refractivity contribution in [2.75, 3.05) is 31.1 Å². The number of imidazole rings is 1. The number of hydrogen-bond acceptors (Lipinski definition) is 4. The van der Waals surface area contributed by atoms with Crippen LogP contribution in [0.25, 0.3) is 0 Å². The highest BCUT2D eigenvalue weighted by molar-refractivity contribution is 5.96. The van der Waals surface area contributed by atoms with Crippen LogP contribution < -0.4 is 10.2 Å². The van der Waals surface area contributed by atoms with Crippen molar-refractivity contribution in [1.82, 2.24) is 19.8 Å². The molecule has 148 valence electrons. The summed E-state index contributed by atoms with van der Waals surface area (Å²) in [5, 5.41) is 3.07. The fraction of sp³-hybridized carbons (Fsp3) is 0.476. The second-order valence-electron chi connectivity index (χ2n) is 7.75. The summed E-state index contributed by atoms with van der Waals surface area (Å²) in [5.41, 5.74) is 2.73. The standard InChI is InChI=1S/C21H27N5O2/c1-24-13-18(22-15-24)21(28)23-17-8-5-10-25(12-17)14-20(27)26-11-4-7-16-6-2-3-9-19(16)26/h2-3,6,9,13,15,17H,4-5,7-8,10-12,14H2,1H3,(H,23,28). The van der Waals surface area contributed by atoms with Gasteiger partial charge in [0.2, 0.25) is 5.91 Å². The minimum absolute atomic E-state index is 0.0460. The van der Waals surface area contributed by atoms with E-state index >= 15 is 0 Å². The topological polar surface area (TPSA) is 70.5 Å². The Morgan fingerprint density at radius 1 is 1.21 bits per heavy atom. The first kappa shape index (κ1) is 18.7. The molecule has 1 saturated heterocycles. The molecule has 1 aromatic heterocycles. The van der Waals surface area contributed by atoms with E-state index in [1.54, 1.807) is 17.1 Å². The van der Waals surface area contributed by atoms with E-state index in [0.29, 0.717) is 18.8 Å². The Bertz CT molecular complexity index is 862. The van der Waals surface area contributed by atoms with Gasteiger partial charge in [-0.25, -0.2) is 4.98 Å². The molecular weight excluding hydrogens is 354 g/mol. The molecule has 2 aliphatic rings. The molecule has 28 heavy (non-hydrogen) atoms. The average molecular weight is 381 g/mol. The van der Waals surface area contributed by atoms with Gasteiger partial charge in [-0.1, -0.05) is 18.2 Å². The van der Waals surface area contributed by atoms with Crippen LogP contribution in [0.15, 0.2) is 36.8 Å². The van der Waals surface area contributed by atoms with E-state index in [0.717, 1.165) is 44.5 Å². The lowest BCUT2D eigenvalue weighted by atomic mass is 10.0. The molecule has 3 heterocycles. The number of aromatic nitrogens is 2. The Kier molecular flexibility index (Phi) is 5.43. The SMILES string of the molecule is Cn1cnc(C(=O)NC2CCCN(CC(=O)N3CCCc4ccccc43)C2)c1. The first-order valence-corrected chi connectivity index (χ1v) is 9.99. The number of likely N-dealkylation sites (tertiary alicyclic amines) is 1. The summed E-state index contributed by atoms with van der Waals surface area (Å²) in [6, 6.07) is 8.22. The van der Waals surface area contributed by atoms with E-state index < -0.39 is 0 Å². The highest BCUT2D eigenvalue weighted by Gasteiger charge is 2.27. The van der Waals surface area contributed by atoms with E-state index in [9.17, 15) is 9.59 Å². The van der Waals surface area contributed by atoms with Crippen LogP contribution in [0.2, 0.25) is 0 Å². The molecule has 2 aromatic rings. The zero-order valence-electron chi connectivity index (χ0n) is 16.3. The van der Waals surface area contributed by atoms with Crippen molar-refractivity contribution in [3.05, 3.63) is 48.0 Å². The number of carbonyl (C=O) groups excluding carboxylic acids is 2. The van der Waals surface area contributed by atoms with Gasteiger partial charge >= 0.3 is 0 Å². The van der Waals surface area contributed by atoms with Gasteiger partial charge in [0, 0.05) is 38.1 Å². The molecule has 2 amide bonds. The van der Waals surface area contributed by atoms with E-state index in [1.807, 2.05) is 30.1 Å². The van der Waals surface area contributed by atoms with Crippen LogP contribution in [0, 0.1) is 0 Å². The van der Waals surface area contributed by atoms with Crippen LogP contribution in [0.3, 0.4) is 0 Å². The number of benzene rings is 1. The maximum absolute atomic E-state index is 13.0. The predicted octanol–water partition coefficient (Wildman–Crippen LogP) is 1.59. The third kappa shape index (κ3) is 4.09. The third-order valence-corrected chi connectivity index (χ3v) is 5.55. The smallest absolute Gasteiger partial charge is 0.271 e. The zero-order valence-corrected chi connectivity index (χ0v) is 16.3. The molecule has 1 fully saturated rings. The largest absolute Gasteiger partial charge is 0.347 e. The number of rotatable bonds is 4. The quantitative estimate of drug-likeness (QED) is 0.873. The Hall–Kier alpha value is -2.67. The molecule has 1 N–H and O–H groups in total. The number of nitrogens with one attached hydrogen (secondary N) is 1. The number of aryl methyl sites for hydroxylation is 2. The van der Waals surface area contributed by atoms with Crippen molar-refractivity contribution in [1.29, 1.82) is 0 Å². The van der Waals surface area contributed by atoms with Crippen molar-refractivity contribution < 1.29 is 9.59 Å². The highest BCUT2D eigenvalue weighted by atomic mass is 16.2. The molecule has 4 rings (SSSR count). The van der Waals surface area contributed by atoms with Gasteiger partial charge < -0.3 is 14.8 Å². The Labute approximate surface area is 165 Å². The van der Waals surface area contributed by atoms with Crippen molar-refractivity contribution in [3.8, 4) is 0 Å². The van der Waals surface area contributed by atoms with Crippen LogP contribution in [-0.2, 0) is 18.3 Å². The number of para-hydroxylation sites is 1. The molecule has 0 radical (unpaired) electrons. The fourth-order valence-electron chi connectivity index (χ4n) is 4.18. The van der Waals surface area contributed by atoms with E-state index in [2.05, 4.69) is 21.3 Å². The van der Waals surface area contributed by atoms with Crippen LogP contribution in [0.5, 0.6) is 0 Å². The summed E-state index contributed by atoms with van der Waals surface area (Å²) in [6.45, 7) is 2.75. The number of piperidine rings is 1. The molecular formula is C21H27N5O2. The second-order valence-corrected chi connectivity index (χ2v) is 7.75. The molecule has 7 nitrogen and oxygen atoms in total. The van der Waals surface area contributed by atoms with Gasteiger partial charge in [0.15, 0.2) is 0 Å². The van der Waals surface area contributed by atoms with Crippen molar-refractivity contribution in [3.63, 3.8) is 0 Å². The number of hydrogen-bond donors (Lipinski definition) is 1. The Balaban J connectivity index is 1.35. The molecule has 1 atom stereocenters. The summed E-state index contributed by atoms with van der Waals surface area (Å²) < 4.78 is 1.76. The van der Waals surface area contributed by atoms with Gasteiger partial charge in [-0.05, 0) is 43.9 Å². The first-order valence-electron chi connectivity index (χ1n) is 9.99. The lowest BCUT2D eigenvalue weighted by Gasteiger charge is -2.35. The average Bonchev–Trinajstić information content (AvgIpc) is 3.14. The molecule has 7 heteroatoms. The maximum Gasteiger partial charge on any atom is 0.271 e. The number of anilines is 1. The minimum Gasteiger partial charge on any atom is -0.347 e. The molecule has 0 aliphatic carbocycles. The van der Waals surface area contributed by atoms with Crippen molar-refractivity contribution in [2.24, 2.45) is 7.05 Å². The van der Waals surface area contributed by atoms with Gasteiger partial charge in [-0.15, -0.1) is 0 Å². The lowest BCUT2D eigenvalue weighted by Crippen LogP contribution is -2.51. The molecule has 0 saturated carbocycles. The molecule has 1 unspecified atom stereocenters. The highest BCUT2D eigenvalue weighted by Crippen LogP contribution is 2.27. The number of carbonyl (C=O) groups is 2. The lowest BCUT2D eigenvalue weighted by molar-refractivity contribution is -0.120. The fourth-order valence-corrected chi connectivity index (χ4v) is 4.18. The van der Waals surface area contributed by atoms with Gasteiger partial charge in [-0.2, -0.15) is 0 Å². The van der Waals surface area contributed by atoms with E-state index in [1.165, 1.54) is 5.56 Å². The van der Waals surface area contributed by atoms with E-state index in [-0.39, 0.29) is 17.9 Å².